The summed E-state index contributed by atoms with van der Waals surface area (Å²) in [6, 6.07) is 3.47. The molecule has 3 N–H and O–H groups in total. The summed E-state index contributed by atoms with van der Waals surface area (Å²) < 4.78 is 0. The second-order valence-corrected chi connectivity index (χ2v) is 5.36. The summed E-state index contributed by atoms with van der Waals surface area (Å²) in [7, 11) is 0. The van der Waals surface area contributed by atoms with Crippen molar-refractivity contribution in [1.29, 1.82) is 0 Å². The third-order valence-corrected chi connectivity index (χ3v) is 3.59. The number of amides is 1. The number of halogens is 1. The maximum atomic E-state index is 11.9. The van der Waals surface area contributed by atoms with Crippen molar-refractivity contribution in [3.63, 3.8) is 0 Å². The third kappa shape index (κ3) is 5.07. The molecular formula is C14H22ClN3O. The van der Waals surface area contributed by atoms with Crippen LogP contribution in [-0.4, -0.2) is 10.9 Å². The first kappa shape index (κ1) is 15.8. The monoisotopic (exact) mass is 283 g/mol. The predicted octanol–water partition coefficient (Wildman–Crippen LogP) is 3.24. The smallest absolute Gasteiger partial charge is 0.224 e. The summed E-state index contributed by atoms with van der Waals surface area (Å²) in [5.74, 6) is 1.85. The molecule has 0 spiro atoms. The van der Waals surface area contributed by atoms with Crippen molar-refractivity contribution in [2.45, 2.75) is 39.0 Å². The molecule has 106 valence electrons. The number of hydrogen-bond donors (Lipinski definition) is 2. The van der Waals surface area contributed by atoms with Crippen LogP contribution in [-0.2, 0) is 4.79 Å². The molecule has 0 radical (unpaired) electrons. The lowest BCUT2D eigenvalue weighted by Gasteiger charge is -2.26. The standard InChI is InChI=1S/C14H21N3O.ClH/c1-10-3-2-4-11(7-10)8-14(18)17-12-5-6-13(15)16-9-12;/h5-6,9-11H,2-4,7-8H2,1H3,(H2,15,16)(H,17,18);1H. The Bertz CT molecular complexity index is 408. The molecule has 1 aromatic heterocycles. The van der Waals surface area contributed by atoms with Crippen LogP contribution in [0.4, 0.5) is 11.5 Å². The van der Waals surface area contributed by atoms with Gasteiger partial charge in [0, 0.05) is 6.42 Å². The number of anilines is 2. The molecule has 4 nitrogen and oxygen atoms in total. The van der Waals surface area contributed by atoms with Gasteiger partial charge in [-0.15, -0.1) is 12.4 Å². The van der Waals surface area contributed by atoms with E-state index >= 15 is 0 Å². The molecule has 1 amide bonds. The number of hydrogen-bond acceptors (Lipinski definition) is 3. The Labute approximate surface area is 120 Å². The third-order valence-electron chi connectivity index (χ3n) is 3.59. The van der Waals surface area contributed by atoms with Gasteiger partial charge < -0.3 is 11.1 Å². The maximum Gasteiger partial charge on any atom is 0.224 e. The SMILES string of the molecule is CC1CCCC(CC(=O)Nc2ccc(N)nc2)C1.Cl. The van der Waals surface area contributed by atoms with Gasteiger partial charge in [0.05, 0.1) is 11.9 Å². The molecule has 1 heterocycles. The summed E-state index contributed by atoms with van der Waals surface area (Å²) >= 11 is 0. The van der Waals surface area contributed by atoms with E-state index in [2.05, 4.69) is 17.2 Å². The molecule has 1 saturated carbocycles. The van der Waals surface area contributed by atoms with Gasteiger partial charge in [-0.2, -0.15) is 0 Å². The van der Waals surface area contributed by atoms with Crippen LogP contribution in [0.2, 0.25) is 0 Å². The number of aromatic nitrogens is 1. The highest BCUT2D eigenvalue weighted by atomic mass is 35.5. The first-order valence-electron chi connectivity index (χ1n) is 6.65. The van der Waals surface area contributed by atoms with Crippen molar-refractivity contribution in [2.75, 3.05) is 11.1 Å². The number of rotatable bonds is 3. The van der Waals surface area contributed by atoms with E-state index in [0.717, 1.165) is 11.6 Å². The van der Waals surface area contributed by atoms with Crippen LogP contribution in [0.15, 0.2) is 18.3 Å². The number of carbonyl (C=O) groups is 1. The molecule has 19 heavy (non-hydrogen) atoms. The van der Waals surface area contributed by atoms with Gasteiger partial charge in [-0.1, -0.05) is 19.8 Å². The second-order valence-electron chi connectivity index (χ2n) is 5.36. The Hall–Kier alpha value is -1.29. The zero-order valence-corrected chi connectivity index (χ0v) is 12.1. The van der Waals surface area contributed by atoms with Gasteiger partial charge in [-0.25, -0.2) is 4.98 Å². The number of pyridine rings is 1. The summed E-state index contributed by atoms with van der Waals surface area (Å²) in [5.41, 5.74) is 6.22. The first-order valence-corrected chi connectivity index (χ1v) is 6.65. The van der Waals surface area contributed by atoms with E-state index in [1.54, 1.807) is 18.3 Å². The largest absolute Gasteiger partial charge is 0.384 e. The highest BCUT2D eigenvalue weighted by molar-refractivity contribution is 5.90. The minimum atomic E-state index is 0. The van der Waals surface area contributed by atoms with Crippen LogP contribution >= 0.6 is 12.4 Å². The summed E-state index contributed by atoms with van der Waals surface area (Å²) in [6.07, 6.45) is 7.12. The van der Waals surface area contributed by atoms with Gasteiger partial charge in [0.2, 0.25) is 5.91 Å². The van der Waals surface area contributed by atoms with Crippen molar-refractivity contribution in [3.05, 3.63) is 18.3 Å². The van der Waals surface area contributed by atoms with Gasteiger partial charge in [-0.05, 0) is 36.8 Å². The second kappa shape index (κ2) is 7.34. The minimum Gasteiger partial charge on any atom is -0.384 e. The van der Waals surface area contributed by atoms with Crippen LogP contribution in [0.3, 0.4) is 0 Å². The van der Waals surface area contributed by atoms with E-state index < -0.39 is 0 Å². The molecule has 1 fully saturated rings. The van der Waals surface area contributed by atoms with Crippen molar-refractivity contribution >= 4 is 29.8 Å². The normalized spacial score (nSPS) is 22.4. The highest BCUT2D eigenvalue weighted by Gasteiger charge is 2.21. The average molecular weight is 284 g/mol. The van der Waals surface area contributed by atoms with Crippen molar-refractivity contribution in [3.8, 4) is 0 Å². The van der Waals surface area contributed by atoms with Gasteiger partial charge >= 0.3 is 0 Å². The average Bonchev–Trinajstić information content (AvgIpc) is 2.32. The van der Waals surface area contributed by atoms with E-state index in [0.29, 0.717) is 18.2 Å². The fourth-order valence-electron chi connectivity index (χ4n) is 2.70. The van der Waals surface area contributed by atoms with Crippen molar-refractivity contribution < 1.29 is 4.79 Å². The van der Waals surface area contributed by atoms with E-state index in [9.17, 15) is 4.79 Å². The van der Waals surface area contributed by atoms with Gasteiger partial charge in [0.1, 0.15) is 5.82 Å². The summed E-state index contributed by atoms with van der Waals surface area (Å²) in [4.78, 5) is 15.9. The quantitative estimate of drug-likeness (QED) is 0.895. The maximum absolute atomic E-state index is 11.9. The number of nitrogen functional groups attached to an aromatic ring is 1. The minimum absolute atomic E-state index is 0. The van der Waals surface area contributed by atoms with E-state index in [-0.39, 0.29) is 18.3 Å². The van der Waals surface area contributed by atoms with Crippen molar-refractivity contribution in [2.24, 2.45) is 11.8 Å². The molecule has 0 aromatic carbocycles. The Morgan fingerprint density at radius 3 is 2.89 bits per heavy atom. The molecule has 2 rings (SSSR count). The molecule has 0 bridgehead atoms. The molecule has 1 aromatic rings. The van der Waals surface area contributed by atoms with Crippen LogP contribution in [0.5, 0.6) is 0 Å². The molecule has 0 saturated heterocycles. The summed E-state index contributed by atoms with van der Waals surface area (Å²) in [6.45, 7) is 2.27. The van der Waals surface area contributed by atoms with Crippen LogP contribution in [0.1, 0.15) is 39.0 Å². The molecule has 2 atom stereocenters. The Kier molecular flexibility index (Phi) is 6.09. The number of nitrogens with zero attached hydrogens (tertiary/aromatic N) is 1. The lowest BCUT2D eigenvalue weighted by atomic mass is 9.81. The zero-order valence-electron chi connectivity index (χ0n) is 11.3. The van der Waals surface area contributed by atoms with Gasteiger partial charge in [0.25, 0.3) is 0 Å². The number of nitrogens with two attached hydrogens (primary N) is 1. The predicted molar refractivity (Wildman–Crippen MR) is 80.3 cm³/mol. The Balaban J connectivity index is 0.00000180. The molecule has 1 aliphatic rings. The molecule has 0 aliphatic heterocycles. The Morgan fingerprint density at radius 1 is 1.47 bits per heavy atom. The Morgan fingerprint density at radius 2 is 2.26 bits per heavy atom. The lowest BCUT2D eigenvalue weighted by molar-refractivity contribution is -0.117. The van der Waals surface area contributed by atoms with Crippen LogP contribution < -0.4 is 11.1 Å². The van der Waals surface area contributed by atoms with E-state index in [4.69, 9.17) is 5.73 Å². The fourth-order valence-corrected chi connectivity index (χ4v) is 2.70. The molecule has 1 aliphatic carbocycles. The van der Waals surface area contributed by atoms with Gasteiger partial charge in [-0.3, -0.25) is 4.79 Å². The lowest BCUT2D eigenvalue weighted by Crippen LogP contribution is -2.21. The van der Waals surface area contributed by atoms with E-state index in [1.807, 2.05) is 0 Å². The van der Waals surface area contributed by atoms with Gasteiger partial charge in [0.15, 0.2) is 0 Å². The number of nitrogens with one attached hydrogen (secondary N) is 1. The molecular weight excluding hydrogens is 262 g/mol. The van der Waals surface area contributed by atoms with Crippen molar-refractivity contribution in [1.82, 2.24) is 4.98 Å². The first-order chi connectivity index (χ1) is 8.63. The van der Waals surface area contributed by atoms with Crippen LogP contribution in [0.25, 0.3) is 0 Å². The topological polar surface area (TPSA) is 68.0 Å². The number of carbonyl (C=O) groups excluding carboxylic acids is 1. The highest BCUT2D eigenvalue weighted by Crippen LogP contribution is 2.30. The van der Waals surface area contributed by atoms with E-state index in [1.165, 1.54) is 25.7 Å². The zero-order chi connectivity index (χ0) is 13.0. The van der Waals surface area contributed by atoms with Crippen LogP contribution in [0, 0.1) is 11.8 Å². The molecule has 5 heteroatoms. The molecule has 2 unspecified atom stereocenters. The summed E-state index contributed by atoms with van der Waals surface area (Å²) in [5, 5.41) is 2.87. The fraction of sp³-hybridized carbons (Fsp3) is 0.571.